The van der Waals surface area contributed by atoms with Gasteiger partial charge in [-0.25, -0.2) is 14.6 Å². The first kappa shape index (κ1) is 14.5. The van der Waals surface area contributed by atoms with Crippen molar-refractivity contribution in [1.82, 2.24) is 10.3 Å². The third kappa shape index (κ3) is 4.04. The highest BCUT2D eigenvalue weighted by Crippen LogP contribution is 2.15. The predicted octanol–water partition coefficient (Wildman–Crippen LogP) is 2.93. The molecule has 0 radical (unpaired) electrons. The van der Waals surface area contributed by atoms with Crippen LogP contribution in [0.4, 0.5) is 10.5 Å². The number of carbonyl (C=O) groups excluding carboxylic acids is 1. The summed E-state index contributed by atoms with van der Waals surface area (Å²) in [4.78, 5) is 26.2. The minimum atomic E-state index is -1.08. The predicted molar refractivity (Wildman–Crippen MR) is 79.1 cm³/mol. The average molecular weight is 356 g/mol. The molecule has 2 amide bonds. The van der Waals surface area contributed by atoms with Crippen molar-refractivity contribution in [2.75, 3.05) is 5.32 Å². The van der Waals surface area contributed by atoms with E-state index in [-0.39, 0.29) is 18.3 Å². The zero-order valence-corrected chi connectivity index (χ0v) is 12.5. The molecule has 0 fully saturated rings. The van der Waals surface area contributed by atoms with Gasteiger partial charge in [-0.2, -0.15) is 0 Å². The molecule has 0 atom stereocenters. The zero-order valence-electron chi connectivity index (χ0n) is 10.1. The summed E-state index contributed by atoms with van der Waals surface area (Å²) in [6.45, 7) is 0.178. The Hall–Kier alpha value is -1.93. The second-order valence-corrected chi connectivity index (χ2v) is 5.61. The molecule has 0 spiro atoms. The molecule has 8 heteroatoms. The molecule has 6 nitrogen and oxygen atoms in total. The van der Waals surface area contributed by atoms with Gasteiger partial charge < -0.3 is 15.7 Å². The van der Waals surface area contributed by atoms with E-state index in [0.29, 0.717) is 10.7 Å². The molecule has 0 aliphatic carbocycles. The van der Waals surface area contributed by atoms with Crippen LogP contribution in [0.3, 0.4) is 0 Å². The number of anilines is 1. The van der Waals surface area contributed by atoms with E-state index in [1.807, 2.05) is 6.07 Å². The molecule has 0 saturated carbocycles. The molecule has 2 aromatic rings. The molecular weight excluding hydrogens is 346 g/mol. The highest BCUT2D eigenvalue weighted by Gasteiger charge is 2.09. The molecule has 2 rings (SSSR count). The van der Waals surface area contributed by atoms with Crippen LogP contribution in [0.25, 0.3) is 0 Å². The molecule has 0 aliphatic rings. The van der Waals surface area contributed by atoms with Gasteiger partial charge >= 0.3 is 12.0 Å². The topological polar surface area (TPSA) is 91.3 Å². The van der Waals surface area contributed by atoms with Crippen LogP contribution >= 0.6 is 27.3 Å². The minimum absolute atomic E-state index is 0.0146. The Morgan fingerprint density at radius 1 is 1.40 bits per heavy atom. The Morgan fingerprint density at radius 3 is 2.85 bits per heavy atom. The number of urea groups is 1. The third-order valence-corrected chi connectivity index (χ3v) is 3.60. The number of aromatic carboxylic acids is 1. The van der Waals surface area contributed by atoms with Crippen LogP contribution in [-0.4, -0.2) is 22.1 Å². The molecule has 0 bridgehead atoms. The minimum Gasteiger partial charge on any atom is -0.476 e. The standard InChI is InChI=1S/C12H10BrN3O3S/c13-7-2-1-3-8(4-7)15-12(19)14-5-10-16-9(6-20-10)11(17)18/h1-4,6H,5H2,(H,17,18)(H2,14,15,19). The lowest BCUT2D eigenvalue weighted by Gasteiger charge is -2.06. The highest BCUT2D eigenvalue weighted by atomic mass is 79.9. The molecule has 1 aromatic heterocycles. The van der Waals surface area contributed by atoms with Crippen molar-refractivity contribution in [2.45, 2.75) is 6.54 Å². The van der Waals surface area contributed by atoms with Crippen molar-refractivity contribution in [1.29, 1.82) is 0 Å². The van der Waals surface area contributed by atoms with Crippen LogP contribution in [0, 0.1) is 0 Å². The molecule has 1 heterocycles. The van der Waals surface area contributed by atoms with Gasteiger partial charge in [0, 0.05) is 15.5 Å². The number of nitrogens with one attached hydrogen (secondary N) is 2. The lowest BCUT2D eigenvalue weighted by Crippen LogP contribution is -2.28. The number of carboxylic acids is 1. The van der Waals surface area contributed by atoms with E-state index in [0.717, 1.165) is 4.47 Å². The second-order valence-electron chi connectivity index (χ2n) is 3.75. The van der Waals surface area contributed by atoms with Gasteiger partial charge in [0.05, 0.1) is 6.54 Å². The number of hydrogen-bond donors (Lipinski definition) is 3. The lowest BCUT2D eigenvalue weighted by molar-refractivity contribution is 0.0691. The first-order valence-electron chi connectivity index (χ1n) is 5.53. The summed E-state index contributed by atoms with van der Waals surface area (Å²) in [5.41, 5.74) is 0.640. The number of rotatable bonds is 4. The van der Waals surface area contributed by atoms with Crippen molar-refractivity contribution in [3.8, 4) is 0 Å². The average Bonchev–Trinajstić information content (AvgIpc) is 2.85. The van der Waals surface area contributed by atoms with E-state index < -0.39 is 5.97 Å². The maximum atomic E-state index is 11.7. The fraction of sp³-hybridized carbons (Fsp3) is 0.0833. The maximum absolute atomic E-state index is 11.7. The Morgan fingerprint density at radius 2 is 2.20 bits per heavy atom. The molecule has 20 heavy (non-hydrogen) atoms. The largest absolute Gasteiger partial charge is 0.476 e. The Balaban J connectivity index is 1.87. The summed E-state index contributed by atoms with van der Waals surface area (Å²) < 4.78 is 0.862. The molecule has 0 saturated heterocycles. The van der Waals surface area contributed by atoms with Gasteiger partial charge in [0.25, 0.3) is 0 Å². The highest BCUT2D eigenvalue weighted by molar-refractivity contribution is 9.10. The van der Waals surface area contributed by atoms with Crippen molar-refractivity contribution in [2.24, 2.45) is 0 Å². The Bertz CT molecular complexity index is 644. The van der Waals surface area contributed by atoms with E-state index in [4.69, 9.17) is 5.11 Å². The summed E-state index contributed by atoms with van der Waals surface area (Å²) in [6, 6.07) is 6.81. The van der Waals surface area contributed by atoms with E-state index in [9.17, 15) is 9.59 Å². The van der Waals surface area contributed by atoms with Crippen LogP contribution < -0.4 is 10.6 Å². The Kier molecular flexibility index (Phi) is 4.70. The first-order valence-corrected chi connectivity index (χ1v) is 7.20. The Labute approximate surface area is 127 Å². The fourth-order valence-corrected chi connectivity index (χ4v) is 2.49. The molecule has 0 aliphatic heterocycles. The van der Waals surface area contributed by atoms with Crippen LogP contribution in [0.2, 0.25) is 0 Å². The SMILES string of the molecule is O=C(NCc1nc(C(=O)O)cs1)Nc1cccc(Br)c1. The van der Waals surface area contributed by atoms with Crippen molar-refractivity contribution in [3.63, 3.8) is 0 Å². The van der Waals surface area contributed by atoms with E-state index >= 15 is 0 Å². The first-order chi connectivity index (χ1) is 9.54. The van der Waals surface area contributed by atoms with Gasteiger partial charge in [-0.05, 0) is 18.2 Å². The quantitative estimate of drug-likeness (QED) is 0.786. The maximum Gasteiger partial charge on any atom is 0.355 e. The number of hydrogen-bond acceptors (Lipinski definition) is 4. The van der Waals surface area contributed by atoms with Crippen LogP contribution in [-0.2, 0) is 6.54 Å². The van der Waals surface area contributed by atoms with Crippen molar-refractivity contribution in [3.05, 3.63) is 44.8 Å². The second kappa shape index (κ2) is 6.49. The fourth-order valence-electron chi connectivity index (χ4n) is 1.39. The number of carboxylic acid groups (broad SMARTS) is 1. The normalized spacial score (nSPS) is 10.1. The molecule has 1 aromatic carbocycles. The third-order valence-electron chi connectivity index (χ3n) is 2.25. The zero-order chi connectivity index (χ0) is 14.5. The number of aromatic nitrogens is 1. The molecular formula is C12H10BrN3O3S. The van der Waals surface area contributed by atoms with Crippen molar-refractivity contribution >= 4 is 45.0 Å². The van der Waals surface area contributed by atoms with Crippen LogP contribution in [0.1, 0.15) is 15.5 Å². The van der Waals surface area contributed by atoms with E-state index in [2.05, 4.69) is 31.5 Å². The smallest absolute Gasteiger partial charge is 0.355 e. The van der Waals surface area contributed by atoms with Crippen molar-refractivity contribution < 1.29 is 14.7 Å². The van der Waals surface area contributed by atoms with Crippen LogP contribution in [0.15, 0.2) is 34.1 Å². The molecule has 0 unspecified atom stereocenters. The number of benzene rings is 1. The van der Waals surface area contributed by atoms with Gasteiger partial charge in [0.15, 0.2) is 5.69 Å². The summed E-state index contributed by atoms with van der Waals surface area (Å²) >= 11 is 4.50. The van der Waals surface area contributed by atoms with E-state index in [1.165, 1.54) is 16.7 Å². The number of amides is 2. The monoisotopic (exact) mass is 355 g/mol. The van der Waals surface area contributed by atoms with Gasteiger partial charge in [-0.1, -0.05) is 22.0 Å². The summed E-state index contributed by atoms with van der Waals surface area (Å²) in [7, 11) is 0. The lowest BCUT2D eigenvalue weighted by atomic mass is 10.3. The van der Waals surface area contributed by atoms with Gasteiger partial charge in [0.2, 0.25) is 0 Å². The van der Waals surface area contributed by atoms with Crippen LogP contribution in [0.5, 0.6) is 0 Å². The number of nitrogens with zero attached hydrogens (tertiary/aromatic N) is 1. The van der Waals surface area contributed by atoms with Gasteiger partial charge in [-0.15, -0.1) is 11.3 Å². The molecule has 104 valence electrons. The summed E-state index contributed by atoms with van der Waals surface area (Å²) in [6.07, 6.45) is 0. The van der Waals surface area contributed by atoms with E-state index in [1.54, 1.807) is 18.2 Å². The molecule has 3 N–H and O–H groups in total. The van der Waals surface area contributed by atoms with Gasteiger partial charge in [0.1, 0.15) is 5.01 Å². The summed E-state index contributed by atoms with van der Waals surface area (Å²) in [5, 5.41) is 16.0. The number of carbonyl (C=O) groups is 2. The number of thiazole rings is 1. The number of halogens is 1. The van der Waals surface area contributed by atoms with Gasteiger partial charge in [-0.3, -0.25) is 0 Å². The summed E-state index contributed by atoms with van der Waals surface area (Å²) in [5.74, 6) is -1.08.